The van der Waals surface area contributed by atoms with Gasteiger partial charge in [-0.1, -0.05) is 12.5 Å². The highest BCUT2D eigenvalue weighted by Gasteiger charge is 1.74. The van der Waals surface area contributed by atoms with E-state index >= 15 is 0 Å². The van der Waals surface area contributed by atoms with Gasteiger partial charge in [-0.15, -0.1) is 0 Å². The molecular formula is C7H15N. The van der Waals surface area contributed by atoms with E-state index in [-0.39, 0.29) is 0 Å². The van der Waals surface area contributed by atoms with Gasteiger partial charge in [0.05, 0.1) is 0 Å². The van der Waals surface area contributed by atoms with E-state index in [2.05, 4.69) is 26.1 Å². The van der Waals surface area contributed by atoms with Crippen LogP contribution in [0.4, 0.5) is 0 Å². The van der Waals surface area contributed by atoms with E-state index in [0.29, 0.717) is 0 Å². The van der Waals surface area contributed by atoms with Crippen LogP contribution >= 0.6 is 0 Å². The summed E-state index contributed by atoms with van der Waals surface area (Å²) in [5.41, 5.74) is 1.33. The van der Waals surface area contributed by atoms with Crippen LogP contribution in [0.1, 0.15) is 27.2 Å². The Labute approximate surface area is 51.8 Å². The van der Waals surface area contributed by atoms with Crippen molar-refractivity contribution in [2.75, 3.05) is 6.54 Å². The zero-order chi connectivity index (χ0) is 6.41. The van der Waals surface area contributed by atoms with Crippen LogP contribution in [-0.2, 0) is 0 Å². The van der Waals surface area contributed by atoms with Gasteiger partial charge in [-0.2, -0.15) is 0 Å². The molecule has 48 valence electrons. The van der Waals surface area contributed by atoms with Gasteiger partial charge in [-0.3, -0.25) is 0 Å². The summed E-state index contributed by atoms with van der Waals surface area (Å²) in [6.45, 7) is 7.42. The van der Waals surface area contributed by atoms with Crippen molar-refractivity contribution in [2.45, 2.75) is 27.2 Å². The van der Waals surface area contributed by atoms with Gasteiger partial charge >= 0.3 is 0 Å². The molecule has 0 amide bonds. The molecule has 0 fully saturated rings. The highest BCUT2D eigenvalue weighted by atomic mass is 14.8. The Morgan fingerprint density at radius 3 is 2.50 bits per heavy atom. The molecule has 1 heteroatoms. The highest BCUT2D eigenvalue weighted by molar-refractivity contribution is 4.90. The van der Waals surface area contributed by atoms with Gasteiger partial charge in [-0.25, -0.2) is 0 Å². The topological polar surface area (TPSA) is 12.0 Å². The van der Waals surface area contributed by atoms with Crippen LogP contribution in [0.15, 0.2) is 11.8 Å². The van der Waals surface area contributed by atoms with Crippen LogP contribution < -0.4 is 5.32 Å². The lowest BCUT2D eigenvalue weighted by molar-refractivity contribution is 0.803. The van der Waals surface area contributed by atoms with Crippen molar-refractivity contribution in [2.24, 2.45) is 0 Å². The third-order valence-corrected chi connectivity index (χ3v) is 0.785. The molecule has 0 aliphatic carbocycles. The predicted molar refractivity (Wildman–Crippen MR) is 37.7 cm³/mol. The van der Waals surface area contributed by atoms with E-state index in [1.54, 1.807) is 0 Å². The molecule has 0 unspecified atom stereocenters. The molecule has 0 atom stereocenters. The van der Waals surface area contributed by atoms with Gasteiger partial charge < -0.3 is 5.32 Å². The molecule has 0 aromatic rings. The number of nitrogens with one attached hydrogen (secondary N) is 1. The molecule has 0 aliphatic rings. The number of hydrogen-bond donors (Lipinski definition) is 1. The SMILES string of the molecule is CCCNC=C(C)C. The molecule has 0 bridgehead atoms. The first-order valence-electron chi connectivity index (χ1n) is 3.14. The smallest absolute Gasteiger partial charge is 0.0138 e. The maximum absolute atomic E-state index is 3.17. The monoisotopic (exact) mass is 113 g/mol. The van der Waals surface area contributed by atoms with Crippen molar-refractivity contribution >= 4 is 0 Å². The van der Waals surface area contributed by atoms with Crippen molar-refractivity contribution in [3.05, 3.63) is 11.8 Å². The minimum Gasteiger partial charge on any atom is -0.391 e. The second-order valence-corrected chi connectivity index (χ2v) is 2.18. The van der Waals surface area contributed by atoms with Crippen molar-refractivity contribution in [1.29, 1.82) is 0 Å². The van der Waals surface area contributed by atoms with E-state index in [4.69, 9.17) is 0 Å². The third-order valence-electron chi connectivity index (χ3n) is 0.785. The second-order valence-electron chi connectivity index (χ2n) is 2.18. The summed E-state index contributed by atoms with van der Waals surface area (Å²) in [4.78, 5) is 0. The maximum Gasteiger partial charge on any atom is 0.0138 e. The molecule has 0 saturated heterocycles. The molecule has 1 nitrogen and oxygen atoms in total. The largest absolute Gasteiger partial charge is 0.391 e. The standard InChI is InChI=1S/C7H15N/c1-4-5-8-6-7(2)3/h6,8H,4-5H2,1-3H3. The lowest BCUT2D eigenvalue weighted by atomic mass is 10.4. The Bertz CT molecular complexity index is 70.5. The first-order chi connectivity index (χ1) is 3.77. The summed E-state index contributed by atoms with van der Waals surface area (Å²) in [5.74, 6) is 0. The first kappa shape index (κ1) is 7.54. The van der Waals surface area contributed by atoms with Crippen LogP contribution in [0.25, 0.3) is 0 Å². The van der Waals surface area contributed by atoms with Crippen LogP contribution in [0.3, 0.4) is 0 Å². The van der Waals surface area contributed by atoms with Crippen molar-refractivity contribution < 1.29 is 0 Å². The fourth-order valence-electron chi connectivity index (χ4n) is 0.421. The van der Waals surface area contributed by atoms with Gasteiger partial charge in [0, 0.05) is 6.54 Å². The highest BCUT2D eigenvalue weighted by Crippen LogP contribution is 1.83. The Hall–Kier alpha value is -0.460. The van der Waals surface area contributed by atoms with Crippen molar-refractivity contribution in [3.63, 3.8) is 0 Å². The normalized spacial score (nSPS) is 8.38. The van der Waals surface area contributed by atoms with E-state index in [1.807, 2.05) is 6.20 Å². The third kappa shape index (κ3) is 5.54. The van der Waals surface area contributed by atoms with Gasteiger partial charge in [0.15, 0.2) is 0 Å². The lowest BCUT2D eigenvalue weighted by Gasteiger charge is -1.95. The van der Waals surface area contributed by atoms with E-state index < -0.39 is 0 Å². The Morgan fingerprint density at radius 1 is 1.50 bits per heavy atom. The van der Waals surface area contributed by atoms with Crippen LogP contribution in [0.2, 0.25) is 0 Å². The zero-order valence-corrected chi connectivity index (χ0v) is 5.99. The van der Waals surface area contributed by atoms with E-state index in [1.165, 1.54) is 12.0 Å². The Kier molecular flexibility index (Phi) is 4.42. The van der Waals surface area contributed by atoms with Crippen molar-refractivity contribution in [1.82, 2.24) is 5.32 Å². The summed E-state index contributed by atoms with van der Waals surface area (Å²) in [7, 11) is 0. The van der Waals surface area contributed by atoms with Gasteiger partial charge in [-0.05, 0) is 26.5 Å². The molecule has 0 saturated carbocycles. The molecule has 8 heavy (non-hydrogen) atoms. The maximum atomic E-state index is 3.17. The summed E-state index contributed by atoms with van der Waals surface area (Å²) in [6, 6.07) is 0. The minimum atomic E-state index is 1.09. The molecule has 0 heterocycles. The molecule has 0 aromatic carbocycles. The molecule has 0 radical (unpaired) electrons. The molecule has 0 spiro atoms. The minimum absolute atomic E-state index is 1.09. The summed E-state index contributed by atoms with van der Waals surface area (Å²) < 4.78 is 0. The molecular weight excluding hydrogens is 98.1 g/mol. The fourth-order valence-corrected chi connectivity index (χ4v) is 0.421. The summed E-state index contributed by atoms with van der Waals surface area (Å²) in [5, 5.41) is 3.17. The quantitative estimate of drug-likeness (QED) is 0.551. The van der Waals surface area contributed by atoms with Gasteiger partial charge in [0.25, 0.3) is 0 Å². The number of rotatable bonds is 3. The average molecular weight is 113 g/mol. The van der Waals surface area contributed by atoms with Crippen LogP contribution in [0.5, 0.6) is 0 Å². The van der Waals surface area contributed by atoms with E-state index in [0.717, 1.165) is 6.54 Å². The van der Waals surface area contributed by atoms with E-state index in [9.17, 15) is 0 Å². The van der Waals surface area contributed by atoms with Gasteiger partial charge in [0.2, 0.25) is 0 Å². The molecule has 0 aromatic heterocycles. The summed E-state index contributed by atoms with van der Waals surface area (Å²) in [6.07, 6.45) is 3.24. The van der Waals surface area contributed by atoms with Gasteiger partial charge in [0.1, 0.15) is 0 Å². The lowest BCUT2D eigenvalue weighted by Crippen LogP contribution is -2.05. The predicted octanol–water partition coefficient (Wildman–Crippen LogP) is 1.91. The van der Waals surface area contributed by atoms with Crippen molar-refractivity contribution in [3.8, 4) is 0 Å². The Balaban J connectivity index is 3.03. The molecule has 1 N–H and O–H groups in total. The zero-order valence-electron chi connectivity index (χ0n) is 5.99. The van der Waals surface area contributed by atoms with Crippen LogP contribution in [0, 0.1) is 0 Å². The molecule has 0 aliphatic heterocycles. The fraction of sp³-hybridized carbons (Fsp3) is 0.714. The Morgan fingerprint density at radius 2 is 2.12 bits per heavy atom. The second kappa shape index (κ2) is 4.69. The van der Waals surface area contributed by atoms with Crippen LogP contribution in [-0.4, -0.2) is 6.54 Å². The number of hydrogen-bond acceptors (Lipinski definition) is 1. The summed E-state index contributed by atoms with van der Waals surface area (Å²) >= 11 is 0. The average Bonchev–Trinajstić information content (AvgIpc) is 1.66. The first-order valence-corrected chi connectivity index (χ1v) is 3.14. The molecule has 0 rings (SSSR count). The number of allylic oxidation sites excluding steroid dienone is 1.